The Bertz CT molecular complexity index is 1410. The molecule has 0 radical (unpaired) electrons. The quantitative estimate of drug-likeness (QED) is 0.529. The van der Waals surface area contributed by atoms with Crippen LogP contribution in [0, 0.1) is 17.7 Å². The maximum atomic E-state index is 15.5. The Labute approximate surface area is 209 Å². The molecule has 2 fully saturated rings. The first-order valence-electron chi connectivity index (χ1n) is 12.7. The summed E-state index contributed by atoms with van der Waals surface area (Å²) >= 11 is 0. The number of amidine groups is 1. The molecule has 6 nitrogen and oxygen atoms in total. The van der Waals surface area contributed by atoms with Crippen LogP contribution in [0.1, 0.15) is 38.7 Å². The molecule has 0 N–H and O–H groups in total. The van der Waals surface area contributed by atoms with Crippen LogP contribution in [0.2, 0.25) is 0 Å². The molecule has 1 aromatic heterocycles. The Morgan fingerprint density at radius 3 is 2.64 bits per heavy atom. The normalized spacial score (nSPS) is 21.4. The minimum absolute atomic E-state index is 0.131. The number of carbonyl (C=O) groups excluding carboxylic acids is 2. The fourth-order valence-corrected chi connectivity index (χ4v) is 5.32. The van der Waals surface area contributed by atoms with Crippen LogP contribution in [0.15, 0.2) is 59.7 Å². The zero-order chi connectivity index (χ0) is 25.0. The van der Waals surface area contributed by atoms with Gasteiger partial charge in [-0.2, -0.15) is 0 Å². The monoisotopic (exact) mass is 484 g/mol. The summed E-state index contributed by atoms with van der Waals surface area (Å²) in [5.41, 5.74) is 1.83. The van der Waals surface area contributed by atoms with E-state index in [4.69, 9.17) is 0 Å². The van der Waals surface area contributed by atoms with Crippen molar-refractivity contribution in [3.8, 4) is 11.1 Å². The number of rotatable bonds is 5. The standard InChI is InChI=1S/C29H29FN4O2/c1-29(2)28(36)34(17-18-11-13-33(16-18)27(35)20-6-7-20)26(32-29)23-10-9-21(14-24(23)30)22-8-5-19-4-3-12-31-25(19)15-22/h3-5,8-10,12,14-15,18,20H,6-7,11,13,16-17H2,1-2H3/t18-/m1/s1. The Morgan fingerprint density at radius 1 is 1.08 bits per heavy atom. The SMILES string of the molecule is CC1(C)N=C(c2ccc(-c3ccc4cccnc4c3)cc2F)N(C[C@@H]2CCN(C(=O)C3CC3)C2)C1=O. The number of carbonyl (C=O) groups is 2. The van der Waals surface area contributed by atoms with Crippen LogP contribution in [0.25, 0.3) is 22.0 Å². The first-order chi connectivity index (χ1) is 17.3. The van der Waals surface area contributed by atoms with Crippen LogP contribution in [0.5, 0.6) is 0 Å². The van der Waals surface area contributed by atoms with E-state index in [1.54, 1.807) is 31.0 Å². The Balaban J connectivity index is 1.26. The molecule has 2 aromatic carbocycles. The van der Waals surface area contributed by atoms with Crippen molar-refractivity contribution in [1.29, 1.82) is 0 Å². The van der Waals surface area contributed by atoms with Gasteiger partial charge in [-0.1, -0.05) is 24.3 Å². The third-order valence-electron chi connectivity index (χ3n) is 7.52. The maximum absolute atomic E-state index is 15.5. The lowest BCUT2D eigenvalue weighted by molar-refractivity contribution is -0.131. The number of hydrogen-bond acceptors (Lipinski definition) is 4. The highest BCUT2D eigenvalue weighted by Gasteiger charge is 2.44. The van der Waals surface area contributed by atoms with Crippen molar-refractivity contribution < 1.29 is 14.0 Å². The molecule has 3 aromatic rings. The molecule has 3 aliphatic rings. The molecule has 184 valence electrons. The molecule has 1 saturated carbocycles. The topological polar surface area (TPSA) is 65.9 Å². The van der Waals surface area contributed by atoms with Gasteiger partial charge in [0, 0.05) is 37.1 Å². The molecule has 7 heteroatoms. The van der Waals surface area contributed by atoms with Crippen LogP contribution in [0.4, 0.5) is 4.39 Å². The number of aromatic nitrogens is 1. The van der Waals surface area contributed by atoms with Crippen molar-refractivity contribution in [2.45, 2.75) is 38.6 Å². The molecule has 0 unspecified atom stereocenters. The highest BCUT2D eigenvalue weighted by atomic mass is 19.1. The summed E-state index contributed by atoms with van der Waals surface area (Å²) in [6, 6.07) is 14.8. The highest BCUT2D eigenvalue weighted by molar-refractivity contribution is 6.15. The highest BCUT2D eigenvalue weighted by Crippen LogP contribution is 2.34. The van der Waals surface area contributed by atoms with Gasteiger partial charge in [-0.25, -0.2) is 4.39 Å². The predicted octanol–water partition coefficient (Wildman–Crippen LogP) is 4.67. The molecular formula is C29H29FN4O2. The van der Waals surface area contributed by atoms with Gasteiger partial charge < -0.3 is 4.90 Å². The molecule has 1 aliphatic carbocycles. The number of nitrogens with zero attached hydrogens (tertiary/aromatic N) is 4. The largest absolute Gasteiger partial charge is 0.342 e. The number of amides is 2. The second kappa shape index (κ2) is 8.50. The second-order valence-corrected chi connectivity index (χ2v) is 10.7. The second-order valence-electron chi connectivity index (χ2n) is 10.7. The van der Waals surface area contributed by atoms with Crippen LogP contribution < -0.4 is 0 Å². The number of likely N-dealkylation sites (tertiary alicyclic amines) is 1. The third-order valence-corrected chi connectivity index (χ3v) is 7.52. The van der Waals surface area contributed by atoms with Crippen molar-refractivity contribution >= 4 is 28.6 Å². The van der Waals surface area contributed by atoms with Crippen molar-refractivity contribution in [2.75, 3.05) is 19.6 Å². The summed E-state index contributed by atoms with van der Waals surface area (Å²) in [7, 11) is 0. The van der Waals surface area contributed by atoms with Crippen molar-refractivity contribution in [3.05, 3.63) is 66.1 Å². The fraction of sp³-hybridized carbons (Fsp3) is 0.379. The van der Waals surface area contributed by atoms with Gasteiger partial charge in [0.25, 0.3) is 5.91 Å². The molecule has 1 atom stereocenters. The summed E-state index contributed by atoms with van der Waals surface area (Å²) in [5.74, 6) is 0.418. The van der Waals surface area contributed by atoms with Crippen molar-refractivity contribution in [3.63, 3.8) is 0 Å². The van der Waals surface area contributed by atoms with Gasteiger partial charge >= 0.3 is 0 Å². The first kappa shape index (κ1) is 22.8. The van der Waals surface area contributed by atoms with E-state index >= 15 is 4.39 Å². The van der Waals surface area contributed by atoms with Gasteiger partial charge in [-0.3, -0.25) is 24.5 Å². The Kier molecular flexibility index (Phi) is 5.39. The van der Waals surface area contributed by atoms with Gasteiger partial charge in [0.05, 0.1) is 11.1 Å². The fourth-order valence-electron chi connectivity index (χ4n) is 5.32. The molecule has 36 heavy (non-hydrogen) atoms. The van der Waals surface area contributed by atoms with E-state index in [-0.39, 0.29) is 23.7 Å². The van der Waals surface area contributed by atoms with E-state index in [1.807, 2.05) is 41.3 Å². The average Bonchev–Trinajstić information content (AvgIpc) is 3.58. The maximum Gasteiger partial charge on any atom is 0.255 e. The summed E-state index contributed by atoms with van der Waals surface area (Å²) in [5, 5.41) is 1.03. The number of hydrogen-bond donors (Lipinski definition) is 0. The van der Waals surface area contributed by atoms with Gasteiger partial charge in [-0.05, 0) is 74.4 Å². The average molecular weight is 485 g/mol. The summed E-state index contributed by atoms with van der Waals surface area (Å²) in [6.07, 6.45) is 4.56. The van der Waals surface area contributed by atoms with E-state index in [0.29, 0.717) is 24.5 Å². The number of benzene rings is 2. The van der Waals surface area contributed by atoms with Gasteiger partial charge in [0.2, 0.25) is 5.91 Å². The zero-order valence-corrected chi connectivity index (χ0v) is 20.6. The number of pyridine rings is 1. The molecule has 2 aliphatic heterocycles. The molecule has 1 saturated heterocycles. The molecule has 6 rings (SSSR count). The lowest BCUT2D eigenvalue weighted by Crippen LogP contribution is -2.43. The summed E-state index contributed by atoms with van der Waals surface area (Å²) < 4.78 is 15.5. The molecule has 0 spiro atoms. The molecule has 2 amide bonds. The predicted molar refractivity (Wildman–Crippen MR) is 137 cm³/mol. The number of aliphatic imine (C=N–C) groups is 1. The Morgan fingerprint density at radius 2 is 1.86 bits per heavy atom. The van der Waals surface area contributed by atoms with E-state index in [9.17, 15) is 9.59 Å². The van der Waals surface area contributed by atoms with E-state index in [1.165, 1.54) is 6.07 Å². The summed E-state index contributed by atoms with van der Waals surface area (Å²) in [4.78, 5) is 38.4. The Hall–Kier alpha value is -3.61. The molecular weight excluding hydrogens is 455 g/mol. The van der Waals surface area contributed by atoms with Crippen LogP contribution in [-0.4, -0.2) is 57.6 Å². The van der Waals surface area contributed by atoms with Crippen LogP contribution in [0.3, 0.4) is 0 Å². The van der Waals surface area contributed by atoms with Crippen LogP contribution >= 0.6 is 0 Å². The number of fused-ring (bicyclic) bond motifs is 1. The number of halogens is 1. The van der Waals surface area contributed by atoms with Gasteiger partial charge in [-0.15, -0.1) is 0 Å². The van der Waals surface area contributed by atoms with E-state index in [0.717, 1.165) is 47.8 Å². The lowest BCUT2D eigenvalue weighted by atomic mass is 10.0. The van der Waals surface area contributed by atoms with Crippen molar-refractivity contribution in [2.24, 2.45) is 16.8 Å². The minimum Gasteiger partial charge on any atom is -0.342 e. The smallest absolute Gasteiger partial charge is 0.255 e. The van der Waals surface area contributed by atoms with Gasteiger partial charge in [0.1, 0.15) is 17.2 Å². The molecule has 3 heterocycles. The summed E-state index contributed by atoms with van der Waals surface area (Å²) in [6.45, 7) is 5.33. The van der Waals surface area contributed by atoms with Crippen molar-refractivity contribution in [1.82, 2.24) is 14.8 Å². The third kappa shape index (κ3) is 4.06. The first-order valence-corrected chi connectivity index (χ1v) is 12.7. The van der Waals surface area contributed by atoms with E-state index in [2.05, 4.69) is 9.98 Å². The van der Waals surface area contributed by atoms with Crippen LogP contribution in [-0.2, 0) is 9.59 Å². The zero-order valence-electron chi connectivity index (χ0n) is 20.6. The van der Waals surface area contributed by atoms with E-state index < -0.39 is 11.4 Å². The minimum atomic E-state index is -0.952. The molecule has 0 bridgehead atoms. The lowest BCUT2D eigenvalue weighted by Gasteiger charge is -2.25. The van der Waals surface area contributed by atoms with Gasteiger partial charge in [0.15, 0.2) is 0 Å².